The second-order valence-corrected chi connectivity index (χ2v) is 4.21. The van der Waals surface area contributed by atoms with Crippen LogP contribution >= 0.6 is 0 Å². The summed E-state index contributed by atoms with van der Waals surface area (Å²) in [5.74, 6) is -0.884. The quantitative estimate of drug-likeness (QED) is 0.741. The fourth-order valence-corrected chi connectivity index (χ4v) is 2.07. The number of ether oxygens (including phenoxy) is 1. The Morgan fingerprint density at radius 2 is 2.29 bits per heavy atom. The zero-order valence-corrected chi connectivity index (χ0v) is 9.03. The summed E-state index contributed by atoms with van der Waals surface area (Å²) < 4.78 is 5.62. The molecular formula is C11H20O3. The van der Waals surface area contributed by atoms with Crippen LogP contribution in [0, 0.1) is 5.92 Å². The van der Waals surface area contributed by atoms with Gasteiger partial charge in [-0.1, -0.05) is 13.3 Å². The molecule has 0 radical (unpaired) electrons. The lowest BCUT2D eigenvalue weighted by atomic mass is 9.95. The smallest absolute Gasteiger partial charge is 0.306 e. The maximum Gasteiger partial charge on any atom is 0.306 e. The van der Waals surface area contributed by atoms with E-state index in [1.165, 1.54) is 0 Å². The SMILES string of the molecule is CCCC(CC1CCC(C)O1)C(=O)O. The van der Waals surface area contributed by atoms with E-state index in [0.717, 1.165) is 25.7 Å². The van der Waals surface area contributed by atoms with E-state index in [1.54, 1.807) is 0 Å². The molecule has 82 valence electrons. The van der Waals surface area contributed by atoms with Crippen LogP contribution in [0.3, 0.4) is 0 Å². The average molecular weight is 200 g/mol. The first-order valence-electron chi connectivity index (χ1n) is 5.51. The largest absolute Gasteiger partial charge is 0.481 e. The topological polar surface area (TPSA) is 46.5 Å². The van der Waals surface area contributed by atoms with Crippen molar-refractivity contribution in [3.05, 3.63) is 0 Å². The molecule has 0 aliphatic carbocycles. The standard InChI is InChI=1S/C11H20O3/c1-3-4-9(11(12)13)7-10-6-5-8(2)14-10/h8-10H,3-7H2,1-2H3,(H,12,13). The number of rotatable bonds is 5. The minimum Gasteiger partial charge on any atom is -0.481 e. The van der Waals surface area contributed by atoms with Crippen molar-refractivity contribution in [3.8, 4) is 0 Å². The highest BCUT2D eigenvalue weighted by molar-refractivity contribution is 5.69. The Bertz CT molecular complexity index is 191. The Morgan fingerprint density at radius 1 is 1.57 bits per heavy atom. The Kier molecular flexibility index (Phi) is 4.39. The molecule has 3 heteroatoms. The predicted molar refractivity (Wildman–Crippen MR) is 54.2 cm³/mol. The number of carbonyl (C=O) groups is 1. The minimum absolute atomic E-state index is 0.178. The first-order chi connectivity index (χ1) is 6.63. The monoisotopic (exact) mass is 200 g/mol. The highest BCUT2D eigenvalue weighted by atomic mass is 16.5. The van der Waals surface area contributed by atoms with Crippen LogP contribution < -0.4 is 0 Å². The molecule has 0 aromatic rings. The van der Waals surface area contributed by atoms with E-state index in [2.05, 4.69) is 6.92 Å². The van der Waals surface area contributed by atoms with Crippen molar-refractivity contribution in [2.75, 3.05) is 0 Å². The predicted octanol–water partition coefficient (Wildman–Crippen LogP) is 2.44. The summed E-state index contributed by atoms with van der Waals surface area (Å²) in [5.41, 5.74) is 0. The second-order valence-electron chi connectivity index (χ2n) is 4.21. The van der Waals surface area contributed by atoms with Crippen LogP contribution in [-0.4, -0.2) is 23.3 Å². The molecule has 0 bridgehead atoms. The summed E-state index contributed by atoms with van der Waals surface area (Å²) in [4.78, 5) is 10.9. The molecule has 0 aromatic heterocycles. The summed E-state index contributed by atoms with van der Waals surface area (Å²) in [6.45, 7) is 4.07. The molecule has 1 fully saturated rings. The Morgan fingerprint density at radius 3 is 2.71 bits per heavy atom. The molecule has 1 aliphatic rings. The number of carboxylic acid groups (broad SMARTS) is 1. The van der Waals surface area contributed by atoms with E-state index >= 15 is 0 Å². The highest BCUT2D eigenvalue weighted by Gasteiger charge is 2.27. The fraction of sp³-hybridized carbons (Fsp3) is 0.909. The highest BCUT2D eigenvalue weighted by Crippen LogP contribution is 2.26. The van der Waals surface area contributed by atoms with Crippen molar-refractivity contribution in [2.45, 2.75) is 58.2 Å². The van der Waals surface area contributed by atoms with E-state index in [4.69, 9.17) is 9.84 Å². The zero-order chi connectivity index (χ0) is 10.6. The van der Waals surface area contributed by atoms with Gasteiger partial charge in [0, 0.05) is 0 Å². The normalized spacial score (nSPS) is 29.0. The Balaban J connectivity index is 2.35. The third-order valence-corrected chi connectivity index (χ3v) is 2.85. The maximum absolute atomic E-state index is 10.9. The summed E-state index contributed by atoms with van der Waals surface area (Å²) in [5, 5.41) is 8.98. The molecule has 3 unspecified atom stereocenters. The van der Waals surface area contributed by atoms with Gasteiger partial charge in [0.05, 0.1) is 18.1 Å². The average Bonchev–Trinajstić information content (AvgIpc) is 2.50. The number of hydrogen-bond donors (Lipinski definition) is 1. The molecule has 1 saturated heterocycles. The van der Waals surface area contributed by atoms with Crippen LogP contribution in [0.4, 0.5) is 0 Å². The molecule has 1 N–H and O–H groups in total. The van der Waals surface area contributed by atoms with Gasteiger partial charge in [-0.05, 0) is 32.6 Å². The molecule has 0 saturated carbocycles. The van der Waals surface area contributed by atoms with Gasteiger partial charge in [0.15, 0.2) is 0 Å². The summed E-state index contributed by atoms with van der Waals surface area (Å²) in [7, 11) is 0. The lowest BCUT2D eigenvalue weighted by Gasteiger charge is -2.16. The number of carboxylic acids is 1. The maximum atomic E-state index is 10.9. The van der Waals surface area contributed by atoms with Gasteiger partial charge in [-0.15, -0.1) is 0 Å². The van der Waals surface area contributed by atoms with Gasteiger partial charge in [0.1, 0.15) is 0 Å². The molecule has 0 aromatic carbocycles. The van der Waals surface area contributed by atoms with Crippen molar-refractivity contribution < 1.29 is 14.6 Å². The summed E-state index contributed by atoms with van der Waals surface area (Å²) >= 11 is 0. The van der Waals surface area contributed by atoms with Crippen molar-refractivity contribution in [2.24, 2.45) is 5.92 Å². The minimum atomic E-state index is -0.671. The summed E-state index contributed by atoms with van der Waals surface area (Å²) in [6, 6.07) is 0. The molecule has 1 heterocycles. The van der Waals surface area contributed by atoms with E-state index in [0.29, 0.717) is 12.5 Å². The molecular weight excluding hydrogens is 180 g/mol. The molecule has 0 spiro atoms. The molecule has 1 aliphatic heterocycles. The van der Waals surface area contributed by atoms with Crippen molar-refractivity contribution >= 4 is 5.97 Å². The second kappa shape index (κ2) is 5.35. The third kappa shape index (κ3) is 3.29. The van der Waals surface area contributed by atoms with E-state index in [1.807, 2.05) is 6.92 Å². The first-order valence-corrected chi connectivity index (χ1v) is 5.51. The van der Waals surface area contributed by atoms with Crippen molar-refractivity contribution in [3.63, 3.8) is 0 Å². The Labute approximate surface area is 85.5 Å². The van der Waals surface area contributed by atoms with Crippen LogP contribution in [0.15, 0.2) is 0 Å². The van der Waals surface area contributed by atoms with Crippen LogP contribution in [0.25, 0.3) is 0 Å². The number of hydrogen-bond acceptors (Lipinski definition) is 2. The van der Waals surface area contributed by atoms with Gasteiger partial charge in [-0.2, -0.15) is 0 Å². The first kappa shape index (κ1) is 11.5. The van der Waals surface area contributed by atoms with Gasteiger partial charge in [-0.25, -0.2) is 0 Å². The lowest BCUT2D eigenvalue weighted by Crippen LogP contribution is -2.20. The van der Waals surface area contributed by atoms with Gasteiger partial charge in [-0.3, -0.25) is 4.79 Å². The van der Waals surface area contributed by atoms with Gasteiger partial charge >= 0.3 is 5.97 Å². The molecule has 14 heavy (non-hydrogen) atoms. The van der Waals surface area contributed by atoms with Gasteiger partial charge in [0.2, 0.25) is 0 Å². The van der Waals surface area contributed by atoms with Gasteiger partial charge in [0.25, 0.3) is 0 Å². The molecule has 1 rings (SSSR count). The zero-order valence-electron chi connectivity index (χ0n) is 9.03. The van der Waals surface area contributed by atoms with Crippen molar-refractivity contribution in [1.29, 1.82) is 0 Å². The van der Waals surface area contributed by atoms with Gasteiger partial charge < -0.3 is 9.84 Å². The van der Waals surface area contributed by atoms with Crippen LogP contribution in [0.1, 0.15) is 46.0 Å². The van der Waals surface area contributed by atoms with Crippen LogP contribution in [0.2, 0.25) is 0 Å². The van der Waals surface area contributed by atoms with Crippen molar-refractivity contribution in [1.82, 2.24) is 0 Å². The van der Waals surface area contributed by atoms with E-state index in [9.17, 15) is 4.79 Å². The van der Waals surface area contributed by atoms with E-state index < -0.39 is 5.97 Å². The Hall–Kier alpha value is -0.570. The molecule has 3 atom stereocenters. The van der Waals surface area contributed by atoms with Crippen LogP contribution in [-0.2, 0) is 9.53 Å². The lowest BCUT2D eigenvalue weighted by molar-refractivity contribution is -0.143. The number of aliphatic carboxylic acids is 1. The molecule has 3 nitrogen and oxygen atoms in total. The van der Waals surface area contributed by atoms with E-state index in [-0.39, 0.29) is 12.0 Å². The third-order valence-electron chi connectivity index (χ3n) is 2.85. The fourth-order valence-electron chi connectivity index (χ4n) is 2.07. The van der Waals surface area contributed by atoms with Crippen LogP contribution in [0.5, 0.6) is 0 Å². The molecule has 0 amide bonds. The summed E-state index contributed by atoms with van der Waals surface area (Å²) in [6.07, 6.45) is 4.97.